The number of hydrogen-bond donors (Lipinski definition) is 2. The van der Waals surface area contributed by atoms with Crippen LogP contribution in [0.2, 0.25) is 5.02 Å². The van der Waals surface area contributed by atoms with Gasteiger partial charge in [0.15, 0.2) is 5.01 Å². The Labute approximate surface area is 224 Å². The molecule has 0 aliphatic carbocycles. The maximum absolute atomic E-state index is 13.6. The summed E-state index contributed by atoms with van der Waals surface area (Å²) in [7, 11) is -0.611. The van der Waals surface area contributed by atoms with E-state index in [-0.39, 0.29) is 48.9 Å². The van der Waals surface area contributed by atoms with Crippen molar-refractivity contribution in [2.45, 2.75) is 43.4 Å². The van der Waals surface area contributed by atoms with Crippen LogP contribution in [0.3, 0.4) is 0 Å². The number of nitrogens with zero attached hydrogens (tertiary/aromatic N) is 4. The number of benzene rings is 1. The number of nitrogens with one attached hydrogen (secondary N) is 2. The lowest BCUT2D eigenvalue weighted by Crippen LogP contribution is -2.57. The number of rotatable bonds is 5. The molecule has 13 heteroatoms. The average Bonchev–Trinajstić information content (AvgIpc) is 3.47. The first-order valence-electron chi connectivity index (χ1n) is 12.0. The van der Waals surface area contributed by atoms with Crippen LogP contribution in [0.1, 0.15) is 33.7 Å². The van der Waals surface area contributed by atoms with Gasteiger partial charge in [-0.15, -0.1) is 11.3 Å². The molecule has 198 valence electrons. The Hall–Kier alpha value is -2.51. The second kappa shape index (κ2) is 9.99. The van der Waals surface area contributed by atoms with Crippen molar-refractivity contribution < 1.29 is 18.0 Å². The van der Waals surface area contributed by atoms with Gasteiger partial charge in [0.25, 0.3) is 15.9 Å². The van der Waals surface area contributed by atoms with Crippen LogP contribution in [0.4, 0.5) is 0 Å². The minimum absolute atomic E-state index is 0.00739. The summed E-state index contributed by atoms with van der Waals surface area (Å²) < 4.78 is 28.5. The number of aromatic amines is 1. The minimum Gasteiger partial charge on any atom is -0.349 e. The van der Waals surface area contributed by atoms with E-state index in [1.54, 1.807) is 43.3 Å². The van der Waals surface area contributed by atoms with E-state index in [1.807, 2.05) is 0 Å². The zero-order valence-electron chi connectivity index (χ0n) is 20.8. The van der Waals surface area contributed by atoms with Gasteiger partial charge in [0, 0.05) is 80.0 Å². The third kappa shape index (κ3) is 5.13. The number of hydrogen-bond acceptors (Lipinski definition) is 7. The number of fused-ring (bicyclic) bond motifs is 2. The van der Waals surface area contributed by atoms with Crippen LogP contribution >= 0.6 is 22.9 Å². The van der Waals surface area contributed by atoms with E-state index in [2.05, 4.69) is 22.2 Å². The second-order valence-electron chi connectivity index (χ2n) is 9.75. The number of halogens is 1. The van der Waals surface area contributed by atoms with Crippen molar-refractivity contribution in [3.05, 3.63) is 44.9 Å². The molecule has 4 heterocycles. The van der Waals surface area contributed by atoms with Crippen molar-refractivity contribution in [3.63, 3.8) is 0 Å². The smallest absolute Gasteiger partial charge is 0.283 e. The maximum atomic E-state index is 13.6. The Bertz CT molecular complexity index is 1470. The van der Waals surface area contributed by atoms with Crippen molar-refractivity contribution in [1.82, 2.24) is 29.4 Å². The monoisotopic (exact) mass is 564 g/mol. The van der Waals surface area contributed by atoms with E-state index >= 15 is 0 Å². The van der Waals surface area contributed by atoms with Gasteiger partial charge in [-0.1, -0.05) is 11.6 Å². The van der Waals surface area contributed by atoms with Crippen molar-refractivity contribution in [3.8, 4) is 0 Å². The molecule has 3 aromatic rings. The van der Waals surface area contributed by atoms with Gasteiger partial charge in [-0.05, 0) is 31.2 Å². The lowest BCUT2D eigenvalue weighted by Gasteiger charge is -2.40. The number of piperazine rings is 1. The molecule has 2 aromatic heterocycles. The molecule has 5 rings (SSSR count). The number of aromatic nitrogens is 2. The van der Waals surface area contributed by atoms with Gasteiger partial charge in [0.1, 0.15) is 5.03 Å². The molecule has 1 fully saturated rings. The Balaban J connectivity index is 1.41. The number of H-pyrrole nitrogens is 1. The van der Waals surface area contributed by atoms with Gasteiger partial charge in [0.2, 0.25) is 5.91 Å². The van der Waals surface area contributed by atoms with Crippen molar-refractivity contribution in [2.75, 3.05) is 33.7 Å². The van der Waals surface area contributed by atoms with E-state index in [1.165, 1.54) is 20.5 Å². The van der Waals surface area contributed by atoms with Crippen LogP contribution in [-0.2, 0) is 27.8 Å². The highest BCUT2D eigenvalue weighted by Crippen LogP contribution is 2.29. The minimum atomic E-state index is -3.90. The summed E-state index contributed by atoms with van der Waals surface area (Å²) in [6, 6.07) is 6.35. The van der Waals surface area contributed by atoms with Gasteiger partial charge in [-0.25, -0.2) is 13.4 Å². The first-order chi connectivity index (χ1) is 17.5. The van der Waals surface area contributed by atoms with Crippen LogP contribution in [0.25, 0.3) is 10.9 Å². The molecule has 2 atom stereocenters. The summed E-state index contributed by atoms with van der Waals surface area (Å²) in [6.45, 7) is 3.03. The standard InChI is InChI=1S/C24H29ClN6O4S2/c1-14-8-19-20(12-26-14)36-23(28-19)24(33)31-7-6-30(13-17(31)11-22(32)29(2)3)37(34,35)21-10-15-9-16(25)4-5-18(15)27-21/h4-5,9-10,14,17,26-27H,6-8,11-13H2,1-3H3. The predicted octanol–water partition coefficient (Wildman–Crippen LogP) is 2.31. The van der Waals surface area contributed by atoms with Crippen molar-refractivity contribution in [2.24, 2.45) is 0 Å². The molecule has 2 aliphatic rings. The Morgan fingerprint density at radius 3 is 2.78 bits per heavy atom. The molecule has 0 radical (unpaired) electrons. The molecule has 0 bridgehead atoms. The molecule has 2 aliphatic heterocycles. The normalized spacial score (nSPS) is 20.7. The van der Waals surface area contributed by atoms with Crippen molar-refractivity contribution >= 4 is 55.7 Å². The summed E-state index contributed by atoms with van der Waals surface area (Å²) in [5.41, 5.74) is 1.59. The third-order valence-corrected chi connectivity index (χ3v) is 9.97. The van der Waals surface area contributed by atoms with Gasteiger partial charge in [0.05, 0.1) is 11.7 Å². The van der Waals surface area contributed by atoms with E-state index in [0.717, 1.165) is 17.0 Å². The van der Waals surface area contributed by atoms with Gasteiger partial charge in [-0.3, -0.25) is 9.59 Å². The maximum Gasteiger partial charge on any atom is 0.283 e. The van der Waals surface area contributed by atoms with Crippen LogP contribution in [0.15, 0.2) is 29.3 Å². The first-order valence-corrected chi connectivity index (χ1v) is 14.7. The lowest BCUT2D eigenvalue weighted by atomic mass is 10.1. The quantitative estimate of drug-likeness (QED) is 0.491. The molecule has 2 unspecified atom stereocenters. The van der Waals surface area contributed by atoms with Gasteiger partial charge < -0.3 is 20.1 Å². The van der Waals surface area contributed by atoms with E-state index in [9.17, 15) is 18.0 Å². The molecule has 1 saturated heterocycles. The summed E-state index contributed by atoms with van der Waals surface area (Å²) in [5.74, 6) is -0.445. The zero-order chi connectivity index (χ0) is 26.5. The SMILES string of the molecule is CC1Cc2nc(C(=O)N3CCN(S(=O)(=O)c4cc5cc(Cl)ccc5[nH]4)CC3CC(=O)N(C)C)sc2CN1. The highest BCUT2D eigenvalue weighted by Gasteiger charge is 2.39. The summed E-state index contributed by atoms with van der Waals surface area (Å²) in [5, 5.41) is 5.02. The number of sulfonamides is 1. The fraction of sp³-hybridized carbons (Fsp3) is 0.458. The molecular formula is C24H29ClN6O4S2. The van der Waals surface area contributed by atoms with Gasteiger partial charge >= 0.3 is 0 Å². The summed E-state index contributed by atoms with van der Waals surface area (Å²) in [4.78, 5) is 37.9. The highest BCUT2D eigenvalue weighted by molar-refractivity contribution is 7.89. The Kier molecular flexibility index (Phi) is 7.05. The number of carbonyl (C=O) groups is 2. The van der Waals surface area contributed by atoms with Crippen LogP contribution < -0.4 is 5.32 Å². The topological polar surface area (TPSA) is 119 Å². The molecule has 0 saturated carbocycles. The number of amides is 2. The van der Waals surface area contributed by atoms with E-state index in [0.29, 0.717) is 27.5 Å². The summed E-state index contributed by atoms with van der Waals surface area (Å²) in [6.07, 6.45) is 0.764. The second-order valence-corrected chi connectivity index (χ2v) is 13.2. The fourth-order valence-corrected chi connectivity index (χ4v) is 7.41. The van der Waals surface area contributed by atoms with E-state index in [4.69, 9.17) is 11.6 Å². The molecule has 0 spiro atoms. The predicted molar refractivity (Wildman–Crippen MR) is 142 cm³/mol. The van der Waals surface area contributed by atoms with Crippen LogP contribution in [0, 0.1) is 0 Å². The highest BCUT2D eigenvalue weighted by atomic mass is 35.5. The fourth-order valence-electron chi connectivity index (χ4n) is 4.75. The molecule has 10 nitrogen and oxygen atoms in total. The van der Waals surface area contributed by atoms with E-state index < -0.39 is 16.1 Å². The third-order valence-electron chi connectivity index (χ3n) is 6.86. The summed E-state index contributed by atoms with van der Waals surface area (Å²) >= 11 is 7.43. The first kappa shape index (κ1) is 26.1. The van der Waals surface area contributed by atoms with Crippen LogP contribution in [-0.4, -0.2) is 90.1 Å². The largest absolute Gasteiger partial charge is 0.349 e. The zero-order valence-corrected chi connectivity index (χ0v) is 23.2. The average molecular weight is 565 g/mol. The molecule has 2 amide bonds. The van der Waals surface area contributed by atoms with Crippen LogP contribution in [0.5, 0.6) is 0 Å². The Morgan fingerprint density at radius 2 is 2.03 bits per heavy atom. The molecular weight excluding hydrogens is 536 g/mol. The Morgan fingerprint density at radius 1 is 1.24 bits per heavy atom. The van der Waals surface area contributed by atoms with Gasteiger partial charge in [-0.2, -0.15) is 4.31 Å². The molecule has 37 heavy (non-hydrogen) atoms. The number of carbonyl (C=O) groups excluding carboxylic acids is 2. The molecule has 2 N–H and O–H groups in total. The van der Waals surface area contributed by atoms with Crippen molar-refractivity contribution in [1.29, 1.82) is 0 Å². The molecule has 1 aromatic carbocycles. The number of thiazole rings is 1. The lowest BCUT2D eigenvalue weighted by molar-refractivity contribution is -0.130.